The molecule has 10 nitrogen and oxygen atoms in total. The molecule has 0 aliphatic carbocycles. The predicted molar refractivity (Wildman–Crippen MR) is 93.9 cm³/mol. The molecule has 0 bridgehead atoms. The van der Waals surface area contributed by atoms with Crippen LogP contribution in [0.15, 0.2) is 29.4 Å². The van der Waals surface area contributed by atoms with E-state index in [1.165, 1.54) is 22.8 Å². The Labute approximate surface area is 155 Å². The molecule has 1 amide bonds. The summed E-state index contributed by atoms with van der Waals surface area (Å²) < 4.78 is 38.1. The van der Waals surface area contributed by atoms with Crippen molar-refractivity contribution in [1.82, 2.24) is 19.5 Å². The van der Waals surface area contributed by atoms with Gasteiger partial charge in [0.25, 0.3) is 0 Å². The van der Waals surface area contributed by atoms with E-state index < -0.39 is 10.0 Å². The lowest BCUT2D eigenvalue weighted by Gasteiger charge is -2.30. The van der Waals surface area contributed by atoms with Crippen LogP contribution in [0.4, 0.5) is 5.95 Å². The van der Waals surface area contributed by atoms with Crippen LogP contribution < -0.4 is 14.8 Å². The number of sulfonamides is 1. The van der Waals surface area contributed by atoms with Crippen molar-refractivity contribution in [3.8, 4) is 11.5 Å². The highest BCUT2D eigenvalue weighted by Crippen LogP contribution is 2.34. The number of benzene rings is 1. The summed E-state index contributed by atoms with van der Waals surface area (Å²) >= 11 is 0. The molecule has 144 valence electrons. The number of aromatic amines is 1. The summed E-state index contributed by atoms with van der Waals surface area (Å²) in [6, 6.07) is 4.62. The fourth-order valence-electron chi connectivity index (χ4n) is 3.18. The summed E-state index contributed by atoms with van der Waals surface area (Å²) in [5.41, 5.74) is 0. The first-order valence-corrected chi connectivity index (χ1v) is 10.0. The van der Waals surface area contributed by atoms with Crippen LogP contribution in [-0.2, 0) is 14.8 Å². The third-order valence-corrected chi connectivity index (χ3v) is 6.53. The number of piperidine rings is 1. The highest BCUT2D eigenvalue weighted by molar-refractivity contribution is 7.89. The quantitative estimate of drug-likeness (QED) is 0.779. The topological polar surface area (TPSA) is 127 Å². The largest absolute Gasteiger partial charge is 0.486 e. The van der Waals surface area contributed by atoms with Gasteiger partial charge in [0.05, 0.1) is 4.90 Å². The van der Waals surface area contributed by atoms with Crippen molar-refractivity contribution in [3.63, 3.8) is 0 Å². The molecule has 1 saturated heterocycles. The summed E-state index contributed by atoms with van der Waals surface area (Å²) in [4.78, 5) is 16.3. The highest BCUT2D eigenvalue weighted by atomic mass is 32.2. The molecule has 0 unspecified atom stereocenters. The van der Waals surface area contributed by atoms with Crippen LogP contribution in [-0.4, -0.2) is 60.1 Å². The molecule has 2 aliphatic heterocycles. The molecule has 1 aromatic heterocycles. The van der Waals surface area contributed by atoms with Crippen molar-refractivity contribution in [2.75, 3.05) is 31.6 Å². The van der Waals surface area contributed by atoms with Crippen LogP contribution in [0.1, 0.15) is 12.8 Å². The molecule has 0 atom stereocenters. The normalized spacial score (nSPS) is 18.2. The molecular weight excluding hydrogens is 374 g/mol. The zero-order chi connectivity index (χ0) is 18.9. The van der Waals surface area contributed by atoms with Gasteiger partial charge in [-0.3, -0.25) is 10.1 Å². The Morgan fingerprint density at radius 1 is 1.19 bits per heavy atom. The summed E-state index contributed by atoms with van der Waals surface area (Å²) in [7, 11) is -3.66. The molecule has 2 aliphatic rings. The maximum Gasteiger partial charge on any atom is 0.243 e. The zero-order valence-electron chi connectivity index (χ0n) is 14.4. The summed E-state index contributed by atoms with van der Waals surface area (Å²) in [5.74, 6) is 0.794. The van der Waals surface area contributed by atoms with Gasteiger partial charge < -0.3 is 9.47 Å². The minimum Gasteiger partial charge on any atom is -0.486 e. The van der Waals surface area contributed by atoms with E-state index in [0.717, 1.165) is 0 Å². The number of aromatic nitrogens is 3. The molecule has 3 heterocycles. The Morgan fingerprint density at radius 3 is 2.63 bits per heavy atom. The number of hydrogen-bond acceptors (Lipinski definition) is 7. The average Bonchev–Trinajstić information content (AvgIpc) is 3.20. The summed E-state index contributed by atoms with van der Waals surface area (Å²) in [5, 5.41) is 8.88. The number of nitrogens with zero attached hydrogens (tertiary/aromatic N) is 3. The van der Waals surface area contributed by atoms with Crippen molar-refractivity contribution in [2.24, 2.45) is 5.92 Å². The Balaban J connectivity index is 1.42. The first-order valence-electron chi connectivity index (χ1n) is 8.60. The van der Waals surface area contributed by atoms with Gasteiger partial charge in [-0.2, -0.15) is 14.4 Å². The molecule has 0 saturated carbocycles. The van der Waals surface area contributed by atoms with Gasteiger partial charge in [0.15, 0.2) is 11.5 Å². The Morgan fingerprint density at radius 2 is 1.93 bits per heavy atom. The van der Waals surface area contributed by atoms with Crippen molar-refractivity contribution in [3.05, 3.63) is 24.5 Å². The molecule has 4 rings (SSSR count). The second kappa shape index (κ2) is 7.16. The van der Waals surface area contributed by atoms with Gasteiger partial charge in [-0.15, -0.1) is 0 Å². The van der Waals surface area contributed by atoms with E-state index in [4.69, 9.17) is 9.47 Å². The van der Waals surface area contributed by atoms with Crippen molar-refractivity contribution >= 4 is 21.9 Å². The van der Waals surface area contributed by atoms with Crippen LogP contribution in [0, 0.1) is 5.92 Å². The van der Waals surface area contributed by atoms with Crippen LogP contribution in [0.5, 0.6) is 11.5 Å². The van der Waals surface area contributed by atoms with Gasteiger partial charge in [0.2, 0.25) is 21.9 Å². The first-order chi connectivity index (χ1) is 13.0. The molecule has 1 fully saturated rings. The number of carbonyl (C=O) groups is 1. The number of ether oxygens (including phenoxy) is 2. The van der Waals surface area contributed by atoms with Gasteiger partial charge in [-0.25, -0.2) is 13.5 Å². The van der Waals surface area contributed by atoms with E-state index in [1.807, 2.05) is 0 Å². The number of carbonyl (C=O) groups excluding carboxylic acids is 1. The number of anilines is 1. The SMILES string of the molecule is O=C(Nc1ncn[nH]1)C1CCN(S(=O)(=O)c2ccc3c(c2)OCCO3)CC1. The molecule has 0 radical (unpaired) electrons. The number of fused-ring (bicyclic) bond motifs is 1. The van der Waals surface area contributed by atoms with Crippen LogP contribution in [0.2, 0.25) is 0 Å². The van der Waals surface area contributed by atoms with Gasteiger partial charge in [-0.05, 0) is 25.0 Å². The fourth-order valence-corrected chi connectivity index (χ4v) is 4.66. The lowest BCUT2D eigenvalue weighted by atomic mass is 9.97. The Hall–Kier alpha value is -2.66. The summed E-state index contributed by atoms with van der Waals surface area (Å²) in [6.45, 7) is 1.38. The van der Waals surface area contributed by atoms with E-state index in [1.54, 1.807) is 6.07 Å². The minimum absolute atomic E-state index is 0.163. The molecule has 0 spiro atoms. The molecular formula is C16H19N5O5S. The number of nitrogens with one attached hydrogen (secondary N) is 2. The number of H-pyrrole nitrogens is 1. The second-order valence-corrected chi connectivity index (χ2v) is 8.25. The van der Waals surface area contributed by atoms with E-state index in [-0.39, 0.29) is 35.8 Å². The van der Waals surface area contributed by atoms with Crippen molar-refractivity contribution in [1.29, 1.82) is 0 Å². The van der Waals surface area contributed by atoms with Gasteiger partial charge in [-0.1, -0.05) is 0 Å². The van der Waals surface area contributed by atoms with E-state index in [9.17, 15) is 13.2 Å². The predicted octanol–water partition coefficient (Wildman–Crippen LogP) is 0.615. The fraction of sp³-hybridized carbons (Fsp3) is 0.438. The van der Waals surface area contributed by atoms with Crippen LogP contribution in [0.25, 0.3) is 0 Å². The van der Waals surface area contributed by atoms with E-state index >= 15 is 0 Å². The maximum absolute atomic E-state index is 12.9. The molecule has 1 aromatic carbocycles. The summed E-state index contributed by atoms with van der Waals surface area (Å²) in [6.07, 6.45) is 2.17. The van der Waals surface area contributed by atoms with Crippen molar-refractivity contribution in [2.45, 2.75) is 17.7 Å². The lowest BCUT2D eigenvalue weighted by Crippen LogP contribution is -2.41. The van der Waals surface area contributed by atoms with E-state index in [2.05, 4.69) is 20.5 Å². The standard InChI is InChI=1S/C16H19N5O5S/c22-15(19-16-17-10-18-20-16)11-3-5-21(6-4-11)27(23,24)12-1-2-13-14(9-12)26-8-7-25-13/h1-2,9-11H,3-8H2,(H2,17,18,19,20,22). The molecule has 2 N–H and O–H groups in total. The number of amides is 1. The third kappa shape index (κ3) is 3.60. The Kier molecular flexibility index (Phi) is 4.70. The minimum atomic E-state index is -3.66. The van der Waals surface area contributed by atoms with E-state index in [0.29, 0.717) is 37.6 Å². The average molecular weight is 393 g/mol. The smallest absolute Gasteiger partial charge is 0.243 e. The molecule has 2 aromatic rings. The molecule has 11 heteroatoms. The molecule has 27 heavy (non-hydrogen) atoms. The van der Waals surface area contributed by atoms with Crippen molar-refractivity contribution < 1.29 is 22.7 Å². The highest BCUT2D eigenvalue weighted by Gasteiger charge is 2.33. The van der Waals surface area contributed by atoms with Gasteiger partial charge in [0, 0.05) is 25.1 Å². The van der Waals surface area contributed by atoms with Crippen LogP contribution >= 0.6 is 0 Å². The number of hydrogen-bond donors (Lipinski definition) is 2. The third-order valence-electron chi connectivity index (χ3n) is 4.63. The monoisotopic (exact) mass is 393 g/mol. The van der Waals surface area contributed by atoms with Gasteiger partial charge in [0.1, 0.15) is 19.5 Å². The number of rotatable bonds is 4. The lowest BCUT2D eigenvalue weighted by molar-refractivity contribution is -0.121. The maximum atomic E-state index is 12.9. The Bertz CT molecular complexity index is 923. The first kappa shape index (κ1) is 17.7. The second-order valence-electron chi connectivity index (χ2n) is 6.31. The zero-order valence-corrected chi connectivity index (χ0v) is 15.2. The van der Waals surface area contributed by atoms with Gasteiger partial charge >= 0.3 is 0 Å². The van der Waals surface area contributed by atoms with Crippen LogP contribution in [0.3, 0.4) is 0 Å².